The van der Waals surface area contributed by atoms with Crippen LogP contribution < -0.4 is 5.32 Å². The second-order valence-electron chi connectivity index (χ2n) is 4.69. The molecule has 1 amide bonds. The molecule has 2 N–H and O–H groups in total. The summed E-state index contributed by atoms with van der Waals surface area (Å²) < 4.78 is 0. The van der Waals surface area contributed by atoms with E-state index in [0.29, 0.717) is 17.8 Å². The van der Waals surface area contributed by atoms with Crippen molar-refractivity contribution in [1.82, 2.24) is 10.3 Å². The van der Waals surface area contributed by atoms with E-state index in [2.05, 4.69) is 10.3 Å². The topological polar surface area (TPSA) is 62.2 Å². The van der Waals surface area contributed by atoms with E-state index >= 15 is 0 Å². The van der Waals surface area contributed by atoms with Gasteiger partial charge in [0.05, 0.1) is 4.88 Å². The molecule has 1 unspecified atom stereocenters. The number of hydrogen-bond acceptors (Lipinski definition) is 4. The largest absolute Gasteiger partial charge is 0.396 e. The third kappa shape index (κ3) is 4.15. The molecule has 0 aliphatic heterocycles. The first-order valence-corrected chi connectivity index (χ1v) is 7.36. The van der Waals surface area contributed by atoms with Crippen LogP contribution in [0.4, 0.5) is 0 Å². The molecule has 2 aromatic rings. The van der Waals surface area contributed by atoms with Gasteiger partial charge in [0.15, 0.2) is 0 Å². The molecule has 4 nitrogen and oxygen atoms in total. The van der Waals surface area contributed by atoms with Gasteiger partial charge in [-0.25, -0.2) is 0 Å². The quantitative estimate of drug-likeness (QED) is 0.855. The number of amides is 1. The number of aliphatic hydroxyl groups is 1. The fourth-order valence-electron chi connectivity index (χ4n) is 1.90. The molecule has 2 heterocycles. The zero-order chi connectivity index (χ0) is 14.4. The second kappa shape index (κ2) is 7.17. The molecule has 0 radical (unpaired) electrons. The highest BCUT2D eigenvalue weighted by molar-refractivity contribution is 7.13. The van der Waals surface area contributed by atoms with Crippen LogP contribution in [0, 0.1) is 12.8 Å². The van der Waals surface area contributed by atoms with Crippen LogP contribution in [0.5, 0.6) is 0 Å². The molecule has 2 rings (SSSR count). The van der Waals surface area contributed by atoms with E-state index in [9.17, 15) is 9.90 Å². The van der Waals surface area contributed by atoms with Gasteiger partial charge in [0.1, 0.15) is 0 Å². The lowest BCUT2D eigenvalue weighted by Gasteiger charge is -2.14. The number of hydrogen-bond donors (Lipinski definition) is 2. The van der Waals surface area contributed by atoms with Crippen molar-refractivity contribution < 1.29 is 9.90 Å². The van der Waals surface area contributed by atoms with Crippen LogP contribution >= 0.6 is 11.3 Å². The molecule has 0 aromatic carbocycles. The van der Waals surface area contributed by atoms with Crippen molar-refractivity contribution >= 4 is 17.2 Å². The van der Waals surface area contributed by atoms with Gasteiger partial charge in [0.25, 0.3) is 5.91 Å². The molecule has 0 aliphatic rings. The SMILES string of the molecule is Cc1ccc(C(=O)NCC(CO)Cc2ccccn2)s1. The summed E-state index contributed by atoms with van der Waals surface area (Å²) in [7, 11) is 0. The molecule has 106 valence electrons. The lowest BCUT2D eigenvalue weighted by atomic mass is 10.0. The van der Waals surface area contributed by atoms with Crippen molar-refractivity contribution in [2.24, 2.45) is 5.92 Å². The Morgan fingerprint density at radius 2 is 2.25 bits per heavy atom. The minimum atomic E-state index is -0.0810. The van der Waals surface area contributed by atoms with Gasteiger partial charge >= 0.3 is 0 Å². The van der Waals surface area contributed by atoms with Crippen LogP contribution in [-0.2, 0) is 6.42 Å². The maximum Gasteiger partial charge on any atom is 0.261 e. The van der Waals surface area contributed by atoms with Gasteiger partial charge in [-0.05, 0) is 37.6 Å². The van der Waals surface area contributed by atoms with E-state index in [-0.39, 0.29) is 18.4 Å². The number of pyridine rings is 1. The average molecular weight is 290 g/mol. The number of nitrogens with one attached hydrogen (secondary N) is 1. The first kappa shape index (κ1) is 14.7. The summed E-state index contributed by atoms with van der Waals surface area (Å²) in [6.45, 7) is 2.45. The van der Waals surface area contributed by atoms with Crippen LogP contribution in [-0.4, -0.2) is 29.1 Å². The number of nitrogens with zero attached hydrogens (tertiary/aromatic N) is 1. The Morgan fingerprint density at radius 3 is 2.85 bits per heavy atom. The normalized spacial score (nSPS) is 12.1. The zero-order valence-corrected chi connectivity index (χ0v) is 12.2. The van der Waals surface area contributed by atoms with Crippen LogP contribution in [0.3, 0.4) is 0 Å². The monoisotopic (exact) mass is 290 g/mol. The predicted octanol–water partition coefficient (Wildman–Crippen LogP) is 2.03. The molecule has 5 heteroatoms. The third-order valence-electron chi connectivity index (χ3n) is 3.00. The Morgan fingerprint density at radius 1 is 1.40 bits per heavy atom. The summed E-state index contributed by atoms with van der Waals surface area (Å²) in [5.41, 5.74) is 0.924. The highest BCUT2D eigenvalue weighted by Gasteiger charge is 2.13. The van der Waals surface area contributed by atoms with Gasteiger partial charge in [0.2, 0.25) is 0 Å². The smallest absolute Gasteiger partial charge is 0.261 e. The summed E-state index contributed by atoms with van der Waals surface area (Å²) in [6, 6.07) is 9.45. The van der Waals surface area contributed by atoms with E-state index in [0.717, 1.165) is 10.6 Å². The molecule has 0 spiro atoms. The number of aryl methyl sites for hydroxylation is 1. The predicted molar refractivity (Wildman–Crippen MR) is 79.9 cm³/mol. The Balaban J connectivity index is 1.86. The molecule has 2 aromatic heterocycles. The fraction of sp³-hybridized carbons (Fsp3) is 0.333. The van der Waals surface area contributed by atoms with Gasteiger partial charge in [-0.15, -0.1) is 11.3 Å². The minimum Gasteiger partial charge on any atom is -0.396 e. The maximum absolute atomic E-state index is 11.9. The summed E-state index contributed by atoms with van der Waals surface area (Å²) >= 11 is 1.47. The zero-order valence-electron chi connectivity index (χ0n) is 11.4. The van der Waals surface area contributed by atoms with Gasteiger partial charge in [0, 0.05) is 35.8 Å². The van der Waals surface area contributed by atoms with E-state index in [4.69, 9.17) is 0 Å². The van der Waals surface area contributed by atoms with E-state index in [1.807, 2.05) is 37.3 Å². The number of carbonyl (C=O) groups is 1. The number of aromatic nitrogens is 1. The average Bonchev–Trinajstić information content (AvgIpc) is 2.91. The summed E-state index contributed by atoms with van der Waals surface area (Å²) in [5.74, 6) is -0.0996. The highest BCUT2D eigenvalue weighted by Crippen LogP contribution is 2.14. The van der Waals surface area contributed by atoms with Crippen LogP contribution in [0.15, 0.2) is 36.5 Å². The number of carbonyl (C=O) groups excluding carboxylic acids is 1. The molecule has 0 aliphatic carbocycles. The van der Waals surface area contributed by atoms with Crippen LogP contribution in [0.1, 0.15) is 20.2 Å². The number of aliphatic hydroxyl groups excluding tert-OH is 1. The third-order valence-corrected chi connectivity index (χ3v) is 4.00. The lowest BCUT2D eigenvalue weighted by Crippen LogP contribution is -2.31. The second-order valence-corrected chi connectivity index (χ2v) is 5.98. The number of thiophene rings is 1. The van der Waals surface area contributed by atoms with Gasteiger partial charge in [-0.2, -0.15) is 0 Å². The molecule has 20 heavy (non-hydrogen) atoms. The van der Waals surface area contributed by atoms with Gasteiger partial charge in [-0.1, -0.05) is 6.07 Å². The van der Waals surface area contributed by atoms with Gasteiger partial charge in [-0.3, -0.25) is 9.78 Å². The minimum absolute atomic E-state index is 0.0186. The molecule has 0 saturated heterocycles. The Kier molecular flexibility index (Phi) is 5.26. The Labute approximate surface area is 122 Å². The van der Waals surface area contributed by atoms with E-state index < -0.39 is 0 Å². The van der Waals surface area contributed by atoms with Gasteiger partial charge < -0.3 is 10.4 Å². The van der Waals surface area contributed by atoms with Crippen molar-refractivity contribution in [3.8, 4) is 0 Å². The molecular formula is C15H18N2O2S. The van der Waals surface area contributed by atoms with Crippen molar-refractivity contribution in [3.63, 3.8) is 0 Å². The fourth-order valence-corrected chi connectivity index (χ4v) is 2.68. The summed E-state index contributed by atoms with van der Waals surface area (Å²) in [4.78, 5) is 18.0. The molecule has 1 atom stereocenters. The lowest BCUT2D eigenvalue weighted by molar-refractivity contribution is 0.0944. The van der Waals surface area contributed by atoms with E-state index in [1.165, 1.54) is 11.3 Å². The van der Waals surface area contributed by atoms with Crippen molar-refractivity contribution in [3.05, 3.63) is 52.0 Å². The van der Waals surface area contributed by atoms with Crippen LogP contribution in [0.25, 0.3) is 0 Å². The first-order chi connectivity index (χ1) is 9.69. The van der Waals surface area contributed by atoms with E-state index in [1.54, 1.807) is 6.20 Å². The van der Waals surface area contributed by atoms with Crippen molar-refractivity contribution in [2.45, 2.75) is 13.3 Å². The summed E-state index contributed by atoms with van der Waals surface area (Å²) in [6.07, 6.45) is 2.39. The Hall–Kier alpha value is -1.72. The summed E-state index contributed by atoms with van der Waals surface area (Å²) in [5, 5.41) is 12.3. The molecular weight excluding hydrogens is 272 g/mol. The first-order valence-electron chi connectivity index (χ1n) is 6.54. The number of rotatable bonds is 6. The van der Waals surface area contributed by atoms with Crippen molar-refractivity contribution in [1.29, 1.82) is 0 Å². The van der Waals surface area contributed by atoms with Crippen LogP contribution in [0.2, 0.25) is 0 Å². The molecule has 0 fully saturated rings. The highest BCUT2D eigenvalue weighted by atomic mass is 32.1. The maximum atomic E-state index is 11.9. The standard InChI is InChI=1S/C15H18N2O2S/c1-11-5-6-14(20-11)15(19)17-9-12(10-18)8-13-4-2-3-7-16-13/h2-7,12,18H,8-10H2,1H3,(H,17,19). The molecule has 0 bridgehead atoms. The van der Waals surface area contributed by atoms with Crippen molar-refractivity contribution in [2.75, 3.05) is 13.2 Å². The molecule has 0 saturated carbocycles. The Bertz CT molecular complexity index is 554.